The Morgan fingerprint density at radius 3 is 3.05 bits per heavy atom. The number of benzene rings is 1. The molecule has 104 valence electrons. The number of likely N-dealkylation sites (tertiary alicyclic amines) is 1. The number of nitrogens with zero attached hydrogens (tertiary/aromatic N) is 2. The number of aromatic nitrogens is 1. The molecule has 2 aromatic rings. The van der Waals surface area contributed by atoms with Gasteiger partial charge in [-0.05, 0) is 30.5 Å². The molecule has 2 N–H and O–H groups in total. The van der Waals surface area contributed by atoms with Crippen LogP contribution in [0.4, 0.5) is 5.13 Å². The van der Waals surface area contributed by atoms with E-state index in [1.165, 1.54) is 11.3 Å². The Kier molecular flexibility index (Phi) is 3.63. The maximum absolute atomic E-state index is 12.5. The summed E-state index contributed by atoms with van der Waals surface area (Å²) < 4.78 is 0. The van der Waals surface area contributed by atoms with Crippen LogP contribution >= 0.6 is 22.9 Å². The van der Waals surface area contributed by atoms with Gasteiger partial charge < -0.3 is 10.6 Å². The molecule has 2 heterocycles. The number of rotatable bonds is 2. The maximum atomic E-state index is 12.5. The number of carbonyl (C=O) groups excluding carboxylic acids is 1. The van der Waals surface area contributed by atoms with Gasteiger partial charge in [0.1, 0.15) is 5.69 Å². The fourth-order valence-corrected chi connectivity index (χ4v) is 3.34. The van der Waals surface area contributed by atoms with Crippen LogP contribution in [0.25, 0.3) is 0 Å². The van der Waals surface area contributed by atoms with E-state index in [0.29, 0.717) is 15.8 Å². The summed E-state index contributed by atoms with van der Waals surface area (Å²) >= 11 is 7.33. The number of thiazole rings is 1. The van der Waals surface area contributed by atoms with Crippen LogP contribution < -0.4 is 5.73 Å². The molecule has 1 aliphatic rings. The largest absolute Gasteiger partial charge is 0.375 e. The molecule has 1 aliphatic heterocycles. The summed E-state index contributed by atoms with van der Waals surface area (Å²) in [6.07, 6.45) is 1.94. The van der Waals surface area contributed by atoms with E-state index in [1.54, 1.807) is 5.38 Å². The Bertz CT molecular complexity index is 643. The van der Waals surface area contributed by atoms with E-state index < -0.39 is 0 Å². The van der Waals surface area contributed by atoms with Crippen molar-refractivity contribution in [3.05, 3.63) is 45.9 Å². The fraction of sp³-hybridized carbons (Fsp3) is 0.286. The lowest BCUT2D eigenvalue weighted by Crippen LogP contribution is -2.30. The highest BCUT2D eigenvalue weighted by atomic mass is 35.5. The Morgan fingerprint density at radius 2 is 2.35 bits per heavy atom. The van der Waals surface area contributed by atoms with E-state index in [0.717, 1.165) is 24.9 Å². The van der Waals surface area contributed by atoms with Crippen LogP contribution in [-0.4, -0.2) is 22.3 Å². The summed E-state index contributed by atoms with van der Waals surface area (Å²) in [4.78, 5) is 18.5. The highest BCUT2D eigenvalue weighted by Crippen LogP contribution is 2.34. The zero-order chi connectivity index (χ0) is 14.1. The highest BCUT2D eigenvalue weighted by Gasteiger charge is 2.31. The van der Waals surface area contributed by atoms with E-state index in [4.69, 9.17) is 17.3 Å². The van der Waals surface area contributed by atoms with Gasteiger partial charge in [0.25, 0.3) is 5.91 Å². The lowest BCUT2D eigenvalue weighted by atomic mass is 10.0. The van der Waals surface area contributed by atoms with Crippen molar-refractivity contribution in [3.63, 3.8) is 0 Å². The number of nitrogen functional groups attached to an aromatic ring is 1. The Hall–Kier alpha value is -1.59. The first-order chi connectivity index (χ1) is 9.65. The number of hydrogen-bond donors (Lipinski definition) is 1. The second-order valence-electron chi connectivity index (χ2n) is 4.78. The molecule has 0 aliphatic carbocycles. The second-order valence-corrected chi connectivity index (χ2v) is 6.11. The minimum atomic E-state index is -0.0552. The van der Waals surface area contributed by atoms with Gasteiger partial charge in [-0.25, -0.2) is 4.98 Å². The maximum Gasteiger partial charge on any atom is 0.273 e. The lowest BCUT2D eigenvalue weighted by molar-refractivity contribution is 0.0730. The van der Waals surface area contributed by atoms with Gasteiger partial charge in [-0.2, -0.15) is 0 Å². The van der Waals surface area contributed by atoms with E-state index in [-0.39, 0.29) is 11.9 Å². The minimum Gasteiger partial charge on any atom is -0.375 e. The van der Waals surface area contributed by atoms with Crippen molar-refractivity contribution in [2.45, 2.75) is 18.9 Å². The SMILES string of the molecule is Nc1nc(C(=O)N2CCCC2c2cccc(Cl)c2)cs1. The first kappa shape index (κ1) is 13.4. The van der Waals surface area contributed by atoms with Crippen LogP contribution in [0.2, 0.25) is 5.02 Å². The zero-order valence-electron chi connectivity index (χ0n) is 10.8. The molecule has 0 saturated carbocycles. The number of hydrogen-bond acceptors (Lipinski definition) is 4. The van der Waals surface area contributed by atoms with Gasteiger partial charge in [-0.1, -0.05) is 23.7 Å². The third-order valence-corrected chi connectivity index (χ3v) is 4.40. The third-order valence-electron chi connectivity index (χ3n) is 3.49. The number of carbonyl (C=O) groups is 1. The molecule has 0 spiro atoms. The predicted octanol–water partition coefficient (Wildman–Crippen LogP) is 3.36. The standard InChI is InChI=1S/C14H14ClN3OS/c15-10-4-1-3-9(7-10)12-5-2-6-18(12)13(19)11-8-20-14(16)17-11/h1,3-4,7-8,12H,2,5-6H2,(H2,16,17). The number of nitrogens with two attached hydrogens (primary N) is 1. The molecule has 1 aromatic heterocycles. The minimum absolute atomic E-state index is 0.0552. The average molecular weight is 308 g/mol. The van der Waals surface area contributed by atoms with Gasteiger partial charge in [-0.15, -0.1) is 11.3 Å². The van der Waals surface area contributed by atoms with Crippen LogP contribution in [0.3, 0.4) is 0 Å². The third kappa shape index (κ3) is 2.51. The molecule has 1 saturated heterocycles. The molecule has 1 amide bonds. The predicted molar refractivity (Wildman–Crippen MR) is 81.0 cm³/mol. The summed E-state index contributed by atoms with van der Waals surface area (Å²) in [5, 5.41) is 2.83. The molecule has 1 aromatic carbocycles. The summed E-state index contributed by atoms with van der Waals surface area (Å²) in [7, 11) is 0. The van der Waals surface area contributed by atoms with Gasteiger partial charge in [0, 0.05) is 16.9 Å². The first-order valence-electron chi connectivity index (χ1n) is 6.42. The monoisotopic (exact) mass is 307 g/mol. The van der Waals surface area contributed by atoms with Crippen LogP contribution in [0.5, 0.6) is 0 Å². The van der Waals surface area contributed by atoms with E-state index in [2.05, 4.69) is 4.98 Å². The Morgan fingerprint density at radius 1 is 1.50 bits per heavy atom. The summed E-state index contributed by atoms with van der Waals surface area (Å²) in [5.74, 6) is -0.0552. The molecular formula is C14H14ClN3OS. The molecule has 20 heavy (non-hydrogen) atoms. The van der Waals surface area contributed by atoms with Crippen LogP contribution in [0.15, 0.2) is 29.6 Å². The highest BCUT2D eigenvalue weighted by molar-refractivity contribution is 7.13. The van der Waals surface area contributed by atoms with Gasteiger partial charge in [0.2, 0.25) is 0 Å². The quantitative estimate of drug-likeness (QED) is 0.925. The van der Waals surface area contributed by atoms with Crippen molar-refractivity contribution in [1.82, 2.24) is 9.88 Å². The Balaban J connectivity index is 1.87. The molecule has 1 atom stereocenters. The summed E-state index contributed by atoms with van der Waals surface area (Å²) in [6.45, 7) is 0.743. The molecule has 1 fully saturated rings. The van der Waals surface area contributed by atoms with Crippen molar-refractivity contribution in [1.29, 1.82) is 0 Å². The first-order valence-corrected chi connectivity index (χ1v) is 7.68. The number of halogens is 1. The van der Waals surface area contributed by atoms with E-state index in [9.17, 15) is 4.79 Å². The summed E-state index contributed by atoms with van der Waals surface area (Å²) in [5.41, 5.74) is 7.11. The molecule has 0 bridgehead atoms. The van der Waals surface area contributed by atoms with Crippen LogP contribution in [0.1, 0.15) is 34.9 Å². The molecule has 3 rings (SSSR count). The van der Waals surface area contributed by atoms with Crippen LogP contribution in [-0.2, 0) is 0 Å². The van der Waals surface area contributed by atoms with Gasteiger partial charge >= 0.3 is 0 Å². The van der Waals surface area contributed by atoms with Crippen molar-refractivity contribution in [2.75, 3.05) is 12.3 Å². The molecule has 0 radical (unpaired) electrons. The lowest BCUT2D eigenvalue weighted by Gasteiger charge is -2.24. The van der Waals surface area contributed by atoms with E-state index in [1.807, 2.05) is 29.2 Å². The molecule has 4 nitrogen and oxygen atoms in total. The van der Waals surface area contributed by atoms with E-state index >= 15 is 0 Å². The molecule has 6 heteroatoms. The van der Waals surface area contributed by atoms with Crippen molar-refractivity contribution >= 4 is 34.0 Å². The smallest absolute Gasteiger partial charge is 0.273 e. The Labute approximate surface area is 126 Å². The van der Waals surface area contributed by atoms with Crippen molar-refractivity contribution < 1.29 is 4.79 Å². The number of amides is 1. The topological polar surface area (TPSA) is 59.2 Å². The van der Waals surface area contributed by atoms with Crippen LogP contribution in [0, 0.1) is 0 Å². The van der Waals surface area contributed by atoms with Gasteiger partial charge in [0.05, 0.1) is 6.04 Å². The van der Waals surface area contributed by atoms with Gasteiger partial charge in [0.15, 0.2) is 5.13 Å². The molecule has 1 unspecified atom stereocenters. The summed E-state index contributed by atoms with van der Waals surface area (Å²) in [6, 6.07) is 7.77. The zero-order valence-corrected chi connectivity index (χ0v) is 12.3. The fourth-order valence-electron chi connectivity index (χ4n) is 2.60. The normalized spacial score (nSPS) is 18.4. The second kappa shape index (κ2) is 5.42. The number of anilines is 1. The molecular weight excluding hydrogens is 294 g/mol. The average Bonchev–Trinajstić information content (AvgIpc) is 3.06. The van der Waals surface area contributed by atoms with Crippen molar-refractivity contribution in [3.8, 4) is 0 Å². The van der Waals surface area contributed by atoms with Crippen molar-refractivity contribution in [2.24, 2.45) is 0 Å². The van der Waals surface area contributed by atoms with Gasteiger partial charge in [-0.3, -0.25) is 4.79 Å².